The monoisotopic (exact) mass is 255 g/mol. The van der Waals surface area contributed by atoms with Gasteiger partial charge in [0, 0.05) is 18.7 Å². The third-order valence-electron chi connectivity index (χ3n) is 3.73. The number of likely N-dealkylation sites (N-methyl/N-ethyl adjacent to an activating group) is 1. The van der Waals surface area contributed by atoms with Gasteiger partial charge in [-0.25, -0.2) is 0 Å². The summed E-state index contributed by atoms with van der Waals surface area (Å²) in [4.78, 5) is 2.23. The van der Waals surface area contributed by atoms with Crippen molar-refractivity contribution >= 4 is 0 Å². The van der Waals surface area contributed by atoms with Gasteiger partial charge in [0.2, 0.25) is 0 Å². The van der Waals surface area contributed by atoms with E-state index in [1.807, 2.05) is 24.3 Å². The van der Waals surface area contributed by atoms with E-state index in [4.69, 9.17) is 0 Å². The number of phenols is 2. The van der Waals surface area contributed by atoms with E-state index in [9.17, 15) is 10.2 Å². The van der Waals surface area contributed by atoms with Crippen molar-refractivity contribution in [3.8, 4) is 22.6 Å². The normalized spacial score (nSPS) is 15.2. The van der Waals surface area contributed by atoms with Crippen LogP contribution >= 0.6 is 0 Å². The molecule has 0 radical (unpaired) electrons. The maximum absolute atomic E-state index is 10.2. The van der Waals surface area contributed by atoms with Gasteiger partial charge in [0.05, 0.1) is 0 Å². The standard InChI is InChI=1S/C16H17NO2/c1-17-9-8-11-4-2-3-5-13(11)15-12(10-17)6-7-14(18)16(15)19/h2-7,18-19H,8-10H2,1H3. The maximum Gasteiger partial charge on any atom is 0.165 e. The number of aromatic hydroxyl groups is 2. The van der Waals surface area contributed by atoms with Crippen molar-refractivity contribution in [2.75, 3.05) is 13.6 Å². The zero-order valence-corrected chi connectivity index (χ0v) is 10.9. The molecule has 0 fully saturated rings. The average molecular weight is 255 g/mol. The van der Waals surface area contributed by atoms with E-state index in [1.165, 1.54) is 5.56 Å². The van der Waals surface area contributed by atoms with Crippen LogP contribution in [0.2, 0.25) is 0 Å². The molecule has 1 heterocycles. The van der Waals surface area contributed by atoms with Crippen molar-refractivity contribution in [2.45, 2.75) is 13.0 Å². The molecule has 2 N–H and O–H groups in total. The molecular weight excluding hydrogens is 238 g/mol. The number of phenolic OH excluding ortho intramolecular Hbond substituents is 2. The number of fused-ring (bicyclic) bond motifs is 3. The molecule has 0 spiro atoms. The minimum atomic E-state index is -0.0585. The fourth-order valence-corrected chi connectivity index (χ4v) is 2.72. The lowest BCUT2D eigenvalue weighted by Crippen LogP contribution is -2.23. The smallest absolute Gasteiger partial charge is 0.165 e. The summed E-state index contributed by atoms with van der Waals surface area (Å²) in [5.41, 5.74) is 4.04. The summed E-state index contributed by atoms with van der Waals surface area (Å²) in [6.45, 7) is 1.76. The van der Waals surface area contributed by atoms with Crippen molar-refractivity contribution < 1.29 is 10.2 Å². The first-order chi connectivity index (χ1) is 9.16. The molecule has 0 saturated carbocycles. The highest BCUT2D eigenvalue weighted by molar-refractivity contribution is 5.79. The Hall–Kier alpha value is -2.00. The first-order valence-corrected chi connectivity index (χ1v) is 6.47. The van der Waals surface area contributed by atoms with Crippen LogP contribution < -0.4 is 0 Å². The van der Waals surface area contributed by atoms with Crippen LogP contribution in [0, 0.1) is 0 Å². The van der Waals surface area contributed by atoms with E-state index in [1.54, 1.807) is 6.07 Å². The molecule has 0 aliphatic carbocycles. The van der Waals surface area contributed by atoms with E-state index >= 15 is 0 Å². The van der Waals surface area contributed by atoms with Crippen LogP contribution in [0.25, 0.3) is 11.1 Å². The summed E-state index contributed by atoms with van der Waals surface area (Å²) >= 11 is 0. The molecule has 0 amide bonds. The molecule has 3 heteroatoms. The SMILES string of the molecule is CN1CCc2ccccc2-c2c(ccc(O)c2O)C1. The maximum atomic E-state index is 10.2. The van der Waals surface area contributed by atoms with Crippen LogP contribution in [0.15, 0.2) is 36.4 Å². The summed E-state index contributed by atoms with van der Waals surface area (Å²) in [6.07, 6.45) is 0.946. The summed E-state index contributed by atoms with van der Waals surface area (Å²) in [6, 6.07) is 11.5. The first-order valence-electron chi connectivity index (χ1n) is 6.47. The van der Waals surface area contributed by atoms with Crippen molar-refractivity contribution in [1.29, 1.82) is 0 Å². The number of hydrogen-bond acceptors (Lipinski definition) is 3. The quantitative estimate of drug-likeness (QED) is 0.711. The highest BCUT2D eigenvalue weighted by Crippen LogP contribution is 2.41. The largest absolute Gasteiger partial charge is 0.504 e. The zero-order valence-electron chi connectivity index (χ0n) is 10.9. The third-order valence-corrected chi connectivity index (χ3v) is 3.73. The summed E-state index contributed by atoms with van der Waals surface area (Å²) in [5.74, 6) is -0.0722. The second-order valence-electron chi connectivity index (χ2n) is 5.11. The lowest BCUT2D eigenvalue weighted by molar-refractivity contribution is 0.328. The predicted octanol–water partition coefficient (Wildman–Crippen LogP) is 2.75. The van der Waals surface area contributed by atoms with E-state index < -0.39 is 0 Å². The van der Waals surface area contributed by atoms with Crippen LogP contribution in [0.4, 0.5) is 0 Å². The van der Waals surface area contributed by atoms with E-state index in [2.05, 4.69) is 18.0 Å². The molecule has 3 nitrogen and oxygen atoms in total. The summed E-state index contributed by atoms with van der Waals surface area (Å²) in [5, 5.41) is 20.0. The predicted molar refractivity (Wildman–Crippen MR) is 75.2 cm³/mol. The Balaban J connectivity index is 2.29. The molecule has 2 aromatic rings. The van der Waals surface area contributed by atoms with Gasteiger partial charge in [-0.2, -0.15) is 0 Å². The van der Waals surface area contributed by atoms with E-state index in [0.29, 0.717) is 0 Å². The van der Waals surface area contributed by atoms with Gasteiger partial charge >= 0.3 is 0 Å². The van der Waals surface area contributed by atoms with Gasteiger partial charge in [0.25, 0.3) is 0 Å². The molecule has 2 aromatic carbocycles. The molecule has 1 aliphatic rings. The van der Waals surface area contributed by atoms with Gasteiger partial charge in [0.15, 0.2) is 11.5 Å². The number of rotatable bonds is 0. The number of hydrogen-bond donors (Lipinski definition) is 2. The van der Waals surface area contributed by atoms with Gasteiger partial charge in [0.1, 0.15) is 0 Å². The number of benzene rings is 2. The van der Waals surface area contributed by atoms with Gasteiger partial charge in [-0.1, -0.05) is 30.3 Å². The van der Waals surface area contributed by atoms with Crippen LogP contribution in [-0.2, 0) is 13.0 Å². The Morgan fingerprint density at radius 1 is 1.00 bits per heavy atom. The highest BCUT2D eigenvalue weighted by Gasteiger charge is 2.20. The minimum Gasteiger partial charge on any atom is -0.504 e. The Labute approximate surface area is 112 Å². The molecule has 0 atom stereocenters. The first kappa shape index (κ1) is 12.1. The second-order valence-corrected chi connectivity index (χ2v) is 5.11. The van der Waals surface area contributed by atoms with Gasteiger partial charge in [-0.15, -0.1) is 0 Å². The zero-order chi connectivity index (χ0) is 13.4. The van der Waals surface area contributed by atoms with Crippen molar-refractivity contribution in [3.63, 3.8) is 0 Å². The second kappa shape index (κ2) is 4.59. The fourth-order valence-electron chi connectivity index (χ4n) is 2.72. The molecule has 0 bridgehead atoms. The van der Waals surface area contributed by atoms with Crippen LogP contribution in [0.3, 0.4) is 0 Å². The van der Waals surface area contributed by atoms with Crippen molar-refractivity contribution in [1.82, 2.24) is 4.90 Å². The molecule has 0 aromatic heterocycles. The van der Waals surface area contributed by atoms with Gasteiger partial charge < -0.3 is 15.1 Å². The minimum absolute atomic E-state index is 0.0137. The average Bonchev–Trinajstić information content (AvgIpc) is 2.40. The Bertz CT molecular complexity index is 622. The summed E-state index contributed by atoms with van der Waals surface area (Å²) < 4.78 is 0. The fraction of sp³-hybridized carbons (Fsp3) is 0.250. The molecule has 98 valence electrons. The molecule has 1 aliphatic heterocycles. The Kier molecular flexibility index (Phi) is 2.91. The highest BCUT2D eigenvalue weighted by atomic mass is 16.3. The molecule has 0 saturated heterocycles. The Morgan fingerprint density at radius 2 is 1.79 bits per heavy atom. The van der Waals surface area contributed by atoms with Gasteiger partial charge in [-0.3, -0.25) is 0 Å². The number of nitrogens with zero attached hydrogens (tertiary/aromatic N) is 1. The lowest BCUT2D eigenvalue weighted by Gasteiger charge is -2.24. The Morgan fingerprint density at radius 3 is 2.63 bits per heavy atom. The van der Waals surface area contributed by atoms with Crippen LogP contribution in [0.5, 0.6) is 11.5 Å². The molecular formula is C16H17NO2. The van der Waals surface area contributed by atoms with E-state index in [0.717, 1.165) is 36.2 Å². The van der Waals surface area contributed by atoms with Crippen molar-refractivity contribution in [3.05, 3.63) is 47.5 Å². The van der Waals surface area contributed by atoms with Crippen molar-refractivity contribution in [2.24, 2.45) is 0 Å². The van der Waals surface area contributed by atoms with Crippen LogP contribution in [-0.4, -0.2) is 28.7 Å². The van der Waals surface area contributed by atoms with Crippen LogP contribution in [0.1, 0.15) is 11.1 Å². The lowest BCUT2D eigenvalue weighted by atomic mass is 9.91. The summed E-state index contributed by atoms with van der Waals surface area (Å²) in [7, 11) is 2.07. The van der Waals surface area contributed by atoms with Gasteiger partial charge in [-0.05, 0) is 36.2 Å². The third kappa shape index (κ3) is 2.06. The molecule has 19 heavy (non-hydrogen) atoms. The molecule has 3 rings (SSSR count). The molecule has 0 unspecified atom stereocenters. The topological polar surface area (TPSA) is 43.7 Å². The van der Waals surface area contributed by atoms with E-state index in [-0.39, 0.29) is 11.5 Å².